The van der Waals surface area contributed by atoms with E-state index in [0.29, 0.717) is 0 Å². The van der Waals surface area contributed by atoms with Gasteiger partial charge in [0.2, 0.25) is 0 Å². The second-order valence-electron chi connectivity index (χ2n) is 3.43. The summed E-state index contributed by atoms with van der Waals surface area (Å²) in [6.45, 7) is 2.91. The highest BCUT2D eigenvalue weighted by molar-refractivity contribution is 7.98. The van der Waals surface area contributed by atoms with Crippen molar-refractivity contribution in [2.45, 2.75) is 31.9 Å². The zero-order valence-electron chi connectivity index (χ0n) is 8.79. The summed E-state index contributed by atoms with van der Waals surface area (Å²) in [5.41, 5.74) is 6.68. The molecule has 0 spiro atoms. The van der Waals surface area contributed by atoms with Crippen LogP contribution in [0.25, 0.3) is 0 Å². The van der Waals surface area contributed by atoms with E-state index >= 15 is 0 Å². The summed E-state index contributed by atoms with van der Waals surface area (Å²) in [5, 5.41) is 0. The maximum Gasteiger partial charge on any atom is 0.116 e. The van der Waals surface area contributed by atoms with E-state index in [-0.39, 0.29) is 0 Å². The van der Waals surface area contributed by atoms with Gasteiger partial charge in [0.1, 0.15) is 5.76 Å². The van der Waals surface area contributed by atoms with Gasteiger partial charge in [-0.1, -0.05) is 6.42 Å². The number of hydrogen-bond donors (Lipinski definition) is 1. The zero-order chi connectivity index (χ0) is 10.2. The molecule has 1 aromatic heterocycles. The number of hydrogen-bond acceptors (Lipinski definition) is 3. The Morgan fingerprint density at radius 2 is 2.21 bits per heavy atom. The molecular formula is C11H19NOS. The Morgan fingerprint density at radius 1 is 1.36 bits per heavy atom. The standard InChI is InChI=1S/C11H19NOS/c1-10-5-7-13-11(10)9-14-8-4-2-3-6-12/h5,7H,2-4,6,8-9,12H2,1H3. The summed E-state index contributed by atoms with van der Waals surface area (Å²) in [7, 11) is 0. The van der Waals surface area contributed by atoms with Crippen molar-refractivity contribution in [1.82, 2.24) is 0 Å². The molecule has 0 radical (unpaired) electrons. The molecule has 2 nitrogen and oxygen atoms in total. The van der Waals surface area contributed by atoms with Crippen molar-refractivity contribution in [3.63, 3.8) is 0 Å². The van der Waals surface area contributed by atoms with Crippen LogP contribution in [0.5, 0.6) is 0 Å². The van der Waals surface area contributed by atoms with Crippen molar-refractivity contribution in [2.75, 3.05) is 12.3 Å². The van der Waals surface area contributed by atoms with E-state index in [1.54, 1.807) is 6.26 Å². The lowest BCUT2D eigenvalue weighted by atomic mass is 10.2. The molecule has 14 heavy (non-hydrogen) atoms. The summed E-state index contributed by atoms with van der Waals surface area (Å²) in [5.74, 6) is 3.33. The van der Waals surface area contributed by atoms with Gasteiger partial charge in [-0.3, -0.25) is 0 Å². The fraction of sp³-hybridized carbons (Fsp3) is 0.636. The minimum absolute atomic E-state index is 0.821. The number of furan rings is 1. The maximum absolute atomic E-state index is 5.42. The molecule has 0 aliphatic carbocycles. The van der Waals surface area contributed by atoms with Crippen molar-refractivity contribution in [2.24, 2.45) is 5.73 Å². The van der Waals surface area contributed by atoms with Gasteiger partial charge in [-0.25, -0.2) is 0 Å². The Balaban J connectivity index is 2.02. The van der Waals surface area contributed by atoms with Crippen LogP contribution in [0.15, 0.2) is 16.7 Å². The van der Waals surface area contributed by atoms with Crippen molar-refractivity contribution >= 4 is 11.8 Å². The van der Waals surface area contributed by atoms with Crippen LogP contribution < -0.4 is 5.73 Å². The molecule has 1 rings (SSSR count). The minimum atomic E-state index is 0.821. The molecular weight excluding hydrogens is 194 g/mol. The SMILES string of the molecule is Cc1ccoc1CSCCCCCN. The molecule has 2 N–H and O–H groups in total. The van der Waals surface area contributed by atoms with E-state index in [1.165, 1.54) is 24.2 Å². The normalized spacial score (nSPS) is 10.7. The second kappa shape index (κ2) is 6.96. The zero-order valence-corrected chi connectivity index (χ0v) is 9.61. The third-order valence-corrected chi connectivity index (χ3v) is 3.24. The molecule has 0 saturated heterocycles. The van der Waals surface area contributed by atoms with Gasteiger partial charge >= 0.3 is 0 Å². The van der Waals surface area contributed by atoms with E-state index in [2.05, 4.69) is 6.92 Å². The molecule has 0 fully saturated rings. The highest BCUT2D eigenvalue weighted by atomic mass is 32.2. The molecule has 80 valence electrons. The first-order chi connectivity index (χ1) is 6.84. The van der Waals surface area contributed by atoms with Crippen LogP contribution in [0.3, 0.4) is 0 Å². The Morgan fingerprint density at radius 3 is 2.86 bits per heavy atom. The van der Waals surface area contributed by atoms with E-state index in [9.17, 15) is 0 Å². The first kappa shape index (κ1) is 11.7. The van der Waals surface area contributed by atoms with Crippen LogP contribution in [0.2, 0.25) is 0 Å². The Kier molecular flexibility index (Phi) is 5.80. The second-order valence-corrected chi connectivity index (χ2v) is 4.53. The van der Waals surface area contributed by atoms with Crippen molar-refractivity contribution in [3.05, 3.63) is 23.7 Å². The van der Waals surface area contributed by atoms with Crippen molar-refractivity contribution in [1.29, 1.82) is 0 Å². The molecule has 0 saturated carbocycles. The van der Waals surface area contributed by atoms with Gasteiger partial charge in [0.05, 0.1) is 12.0 Å². The average Bonchev–Trinajstić information content (AvgIpc) is 2.58. The summed E-state index contributed by atoms with van der Waals surface area (Å²) in [6, 6.07) is 2.02. The molecule has 0 unspecified atom stereocenters. The molecule has 0 bridgehead atoms. The van der Waals surface area contributed by atoms with Crippen molar-refractivity contribution < 1.29 is 4.42 Å². The van der Waals surface area contributed by atoms with Crippen LogP contribution in [0.4, 0.5) is 0 Å². The van der Waals surface area contributed by atoms with Gasteiger partial charge in [-0.05, 0) is 43.7 Å². The number of thioether (sulfide) groups is 1. The third kappa shape index (κ3) is 4.20. The molecule has 0 aliphatic heterocycles. The lowest BCUT2D eigenvalue weighted by Crippen LogP contribution is -1.98. The van der Waals surface area contributed by atoms with Gasteiger partial charge in [0, 0.05) is 0 Å². The van der Waals surface area contributed by atoms with Gasteiger partial charge in [0.25, 0.3) is 0 Å². The predicted molar refractivity (Wildman–Crippen MR) is 62.5 cm³/mol. The molecule has 0 amide bonds. The van der Waals surface area contributed by atoms with Crippen molar-refractivity contribution in [3.8, 4) is 0 Å². The quantitative estimate of drug-likeness (QED) is 0.708. The van der Waals surface area contributed by atoms with Gasteiger partial charge in [-0.15, -0.1) is 0 Å². The van der Waals surface area contributed by atoms with Gasteiger partial charge < -0.3 is 10.2 Å². The van der Waals surface area contributed by atoms with Crippen LogP contribution >= 0.6 is 11.8 Å². The molecule has 0 aromatic carbocycles. The fourth-order valence-corrected chi connectivity index (χ4v) is 2.28. The number of aryl methyl sites for hydroxylation is 1. The van der Waals surface area contributed by atoms with Gasteiger partial charge in [0.15, 0.2) is 0 Å². The lowest BCUT2D eigenvalue weighted by Gasteiger charge is -2.00. The molecule has 1 heterocycles. The monoisotopic (exact) mass is 213 g/mol. The fourth-order valence-electron chi connectivity index (χ4n) is 1.24. The summed E-state index contributed by atoms with van der Waals surface area (Å²) in [6.07, 6.45) is 5.43. The Labute approximate surface area is 90.2 Å². The summed E-state index contributed by atoms with van der Waals surface area (Å²) in [4.78, 5) is 0. The van der Waals surface area contributed by atoms with Crippen LogP contribution in [-0.4, -0.2) is 12.3 Å². The molecule has 3 heteroatoms. The maximum atomic E-state index is 5.42. The summed E-state index contributed by atoms with van der Waals surface area (Å²) >= 11 is 1.94. The molecule has 0 atom stereocenters. The number of nitrogens with two attached hydrogens (primary N) is 1. The topological polar surface area (TPSA) is 39.2 Å². The smallest absolute Gasteiger partial charge is 0.116 e. The van der Waals surface area contributed by atoms with Gasteiger partial charge in [-0.2, -0.15) is 11.8 Å². The Bertz CT molecular complexity index is 247. The highest BCUT2D eigenvalue weighted by Crippen LogP contribution is 2.17. The van der Waals surface area contributed by atoms with Crippen LogP contribution in [-0.2, 0) is 5.75 Å². The average molecular weight is 213 g/mol. The first-order valence-corrected chi connectivity index (χ1v) is 6.31. The molecule has 0 aliphatic rings. The third-order valence-electron chi connectivity index (χ3n) is 2.19. The van der Waals surface area contributed by atoms with Crippen LogP contribution in [0, 0.1) is 6.92 Å². The van der Waals surface area contributed by atoms with E-state index in [4.69, 9.17) is 10.2 Å². The number of rotatable bonds is 7. The highest BCUT2D eigenvalue weighted by Gasteiger charge is 2.00. The predicted octanol–water partition coefficient (Wildman–Crippen LogP) is 2.95. The minimum Gasteiger partial charge on any atom is -0.468 e. The first-order valence-electron chi connectivity index (χ1n) is 5.15. The van der Waals surface area contributed by atoms with E-state index in [0.717, 1.165) is 24.5 Å². The van der Waals surface area contributed by atoms with E-state index < -0.39 is 0 Å². The molecule has 1 aromatic rings. The van der Waals surface area contributed by atoms with E-state index in [1.807, 2.05) is 17.8 Å². The summed E-state index contributed by atoms with van der Waals surface area (Å²) < 4.78 is 5.35. The lowest BCUT2D eigenvalue weighted by molar-refractivity contribution is 0.528. The van der Waals surface area contributed by atoms with Crippen LogP contribution in [0.1, 0.15) is 30.6 Å². The Hall–Kier alpha value is -0.410. The largest absolute Gasteiger partial charge is 0.468 e. The number of unbranched alkanes of at least 4 members (excludes halogenated alkanes) is 2.